The molecule has 1 aromatic rings. The second kappa shape index (κ2) is 8.35. The summed E-state index contributed by atoms with van der Waals surface area (Å²) in [5, 5.41) is 0. The van der Waals surface area contributed by atoms with Gasteiger partial charge in [-0.05, 0) is 45.0 Å². The lowest BCUT2D eigenvalue weighted by atomic mass is 10.1. The lowest BCUT2D eigenvalue weighted by molar-refractivity contribution is -0.153. The summed E-state index contributed by atoms with van der Waals surface area (Å²) in [4.78, 5) is 37.8. The molecule has 0 unspecified atom stereocenters. The Bertz CT molecular complexity index is 720. The highest BCUT2D eigenvalue weighted by Crippen LogP contribution is 2.64. The van der Waals surface area contributed by atoms with E-state index < -0.39 is 34.1 Å². The number of rotatable bonds is 7. The predicted molar refractivity (Wildman–Crippen MR) is 104 cm³/mol. The lowest BCUT2D eigenvalue weighted by Gasteiger charge is -2.21. The van der Waals surface area contributed by atoms with E-state index in [9.17, 15) is 14.4 Å². The summed E-state index contributed by atoms with van der Waals surface area (Å²) in [5.41, 5.74) is 4.86. The van der Waals surface area contributed by atoms with Crippen molar-refractivity contribution in [3.63, 3.8) is 0 Å². The van der Waals surface area contributed by atoms with Crippen molar-refractivity contribution in [2.75, 3.05) is 24.6 Å². The first-order valence-corrected chi connectivity index (χ1v) is 9.39. The molecule has 0 saturated heterocycles. The molecule has 2 rings (SSSR count). The summed E-state index contributed by atoms with van der Waals surface area (Å²) in [6.45, 7) is 6.86. The Morgan fingerprint density at radius 2 is 1.67 bits per heavy atom. The van der Waals surface area contributed by atoms with Gasteiger partial charge in [0.25, 0.3) is 11.8 Å². The molecular weight excluding hydrogens is 393 g/mol. The SMILES string of the molecule is CCN(CC)c1ccc(C(=O)NNC(=O)COC(=O)[C@@]2(C)CC2(Cl)Cl)cc1. The van der Waals surface area contributed by atoms with Crippen LogP contribution in [0, 0.1) is 5.41 Å². The first-order chi connectivity index (χ1) is 12.6. The number of halogens is 2. The van der Waals surface area contributed by atoms with Gasteiger partial charge >= 0.3 is 5.97 Å². The summed E-state index contributed by atoms with van der Waals surface area (Å²) >= 11 is 11.8. The Kier molecular flexibility index (Phi) is 6.59. The van der Waals surface area contributed by atoms with E-state index >= 15 is 0 Å². The molecule has 148 valence electrons. The molecule has 1 fully saturated rings. The molecule has 1 atom stereocenters. The normalized spacial score (nSPS) is 19.7. The number of ether oxygens (including phenoxy) is 1. The van der Waals surface area contributed by atoms with E-state index in [1.807, 2.05) is 12.1 Å². The molecule has 7 nitrogen and oxygen atoms in total. The Morgan fingerprint density at radius 1 is 1.11 bits per heavy atom. The van der Waals surface area contributed by atoms with E-state index in [2.05, 4.69) is 29.6 Å². The second-order valence-electron chi connectivity index (χ2n) is 6.51. The zero-order valence-electron chi connectivity index (χ0n) is 15.5. The summed E-state index contributed by atoms with van der Waals surface area (Å²) in [6, 6.07) is 7.02. The average Bonchev–Trinajstić information content (AvgIpc) is 3.18. The van der Waals surface area contributed by atoms with Crippen LogP contribution < -0.4 is 15.8 Å². The van der Waals surface area contributed by atoms with Crippen molar-refractivity contribution in [2.45, 2.75) is 31.5 Å². The van der Waals surface area contributed by atoms with Crippen LogP contribution in [0.2, 0.25) is 0 Å². The van der Waals surface area contributed by atoms with Crippen LogP contribution in [-0.4, -0.2) is 41.8 Å². The van der Waals surface area contributed by atoms with Crippen molar-refractivity contribution in [3.8, 4) is 0 Å². The van der Waals surface area contributed by atoms with Crippen LogP contribution in [0.5, 0.6) is 0 Å². The van der Waals surface area contributed by atoms with Crippen molar-refractivity contribution in [1.29, 1.82) is 0 Å². The number of nitrogens with zero attached hydrogens (tertiary/aromatic N) is 1. The number of hydrogen-bond acceptors (Lipinski definition) is 5. The number of alkyl halides is 2. The highest BCUT2D eigenvalue weighted by Gasteiger charge is 2.69. The second-order valence-corrected chi connectivity index (χ2v) is 7.99. The van der Waals surface area contributed by atoms with Crippen molar-refractivity contribution in [3.05, 3.63) is 29.8 Å². The third-order valence-corrected chi connectivity index (χ3v) is 5.72. The molecule has 0 aromatic heterocycles. The molecule has 0 heterocycles. The quantitative estimate of drug-likeness (QED) is 0.405. The molecule has 1 aromatic carbocycles. The molecular formula is C18H23Cl2N3O4. The molecule has 9 heteroatoms. The Balaban J connectivity index is 1.78. The maximum Gasteiger partial charge on any atom is 0.315 e. The molecule has 0 bridgehead atoms. The summed E-state index contributed by atoms with van der Waals surface area (Å²) < 4.78 is 3.73. The number of carbonyl (C=O) groups is 3. The number of amides is 2. The Hall–Kier alpha value is -1.99. The summed E-state index contributed by atoms with van der Waals surface area (Å²) in [5.74, 6) is -1.80. The first-order valence-electron chi connectivity index (χ1n) is 8.64. The number of carbonyl (C=O) groups excluding carboxylic acids is 3. The number of nitrogens with one attached hydrogen (secondary N) is 2. The van der Waals surface area contributed by atoms with E-state index in [0.29, 0.717) is 5.56 Å². The fourth-order valence-corrected chi connectivity index (χ4v) is 3.25. The summed E-state index contributed by atoms with van der Waals surface area (Å²) in [6.07, 6.45) is 0.268. The molecule has 0 spiro atoms. The van der Waals surface area contributed by atoms with Gasteiger partial charge in [0.05, 0.1) is 0 Å². The van der Waals surface area contributed by atoms with E-state index in [1.54, 1.807) is 19.1 Å². The standard InChI is InChI=1S/C18H23Cl2N3O4/c1-4-23(5-2)13-8-6-12(7-9-13)15(25)22-21-14(24)10-27-16(26)17(3)11-18(17,19)20/h6-9H,4-5,10-11H2,1-3H3,(H,21,24)(H,22,25)/t17-/m1/s1. The highest BCUT2D eigenvalue weighted by molar-refractivity contribution is 6.53. The van der Waals surface area contributed by atoms with E-state index in [1.165, 1.54) is 0 Å². The van der Waals surface area contributed by atoms with Gasteiger partial charge in [-0.2, -0.15) is 0 Å². The van der Waals surface area contributed by atoms with Gasteiger partial charge in [0.15, 0.2) is 6.61 Å². The Labute approximate surface area is 168 Å². The zero-order chi connectivity index (χ0) is 20.2. The number of esters is 1. The number of benzene rings is 1. The van der Waals surface area contributed by atoms with Crippen LogP contribution >= 0.6 is 23.2 Å². The molecule has 0 aliphatic heterocycles. The van der Waals surface area contributed by atoms with Crippen LogP contribution in [0.4, 0.5) is 5.69 Å². The number of anilines is 1. The highest BCUT2D eigenvalue weighted by atomic mass is 35.5. The van der Waals surface area contributed by atoms with Crippen molar-refractivity contribution >= 4 is 46.7 Å². The van der Waals surface area contributed by atoms with Gasteiger partial charge in [0.1, 0.15) is 9.75 Å². The zero-order valence-corrected chi connectivity index (χ0v) is 17.0. The van der Waals surface area contributed by atoms with Gasteiger partial charge in [0.2, 0.25) is 0 Å². The van der Waals surface area contributed by atoms with Gasteiger partial charge in [-0.1, -0.05) is 0 Å². The molecule has 2 N–H and O–H groups in total. The van der Waals surface area contributed by atoms with Crippen molar-refractivity contribution in [2.24, 2.45) is 5.41 Å². The van der Waals surface area contributed by atoms with Crippen molar-refractivity contribution < 1.29 is 19.1 Å². The van der Waals surface area contributed by atoms with E-state index in [-0.39, 0.29) is 6.42 Å². The molecule has 1 aliphatic rings. The minimum Gasteiger partial charge on any atom is -0.455 e. The summed E-state index contributed by atoms with van der Waals surface area (Å²) in [7, 11) is 0. The van der Waals surface area contributed by atoms with Crippen LogP contribution in [-0.2, 0) is 14.3 Å². The average molecular weight is 416 g/mol. The third-order valence-electron chi connectivity index (χ3n) is 4.62. The number of hydrogen-bond donors (Lipinski definition) is 2. The fourth-order valence-electron chi connectivity index (χ4n) is 2.56. The number of hydrazine groups is 1. The topological polar surface area (TPSA) is 87.7 Å². The fraction of sp³-hybridized carbons (Fsp3) is 0.500. The van der Waals surface area contributed by atoms with Crippen LogP contribution in [0.1, 0.15) is 37.6 Å². The lowest BCUT2D eigenvalue weighted by Crippen LogP contribution is -2.44. The first kappa shape index (κ1) is 21.3. The molecule has 1 saturated carbocycles. The smallest absolute Gasteiger partial charge is 0.315 e. The minimum atomic E-state index is -1.16. The van der Waals surface area contributed by atoms with Crippen LogP contribution in [0.3, 0.4) is 0 Å². The molecule has 2 amide bonds. The predicted octanol–water partition coefficient (Wildman–Crippen LogP) is 2.42. The largest absolute Gasteiger partial charge is 0.455 e. The van der Waals surface area contributed by atoms with Crippen molar-refractivity contribution in [1.82, 2.24) is 10.9 Å². The van der Waals surface area contributed by atoms with Crippen LogP contribution in [0.15, 0.2) is 24.3 Å². The molecule has 1 aliphatic carbocycles. The van der Waals surface area contributed by atoms with E-state index in [0.717, 1.165) is 18.8 Å². The third kappa shape index (κ3) is 4.84. The van der Waals surface area contributed by atoms with Gasteiger partial charge in [0, 0.05) is 30.8 Å². The molecule has 0 radical (unpaired) electrons. The maximum atomic E-state index is 12.1. The van der Waals surface area contributed by atoms with Gasteiger partial charge < -0.3 is 9.64 Å². The van der Waals surface area contributed by atoms with Gasteiger partial charge in [-0.15, -0.1) is 23.2 Å². The minimum absolute atomic E-state index is 0.268. The molecule has 27 heavy (non-hydrogen) atoms. The van der Waals surface area contributed by atoms with E-state index in [4.69, 9.17) is 27.9 Å². The van der Waals surface area contributed by atoms with Crippen LogP contribution in [0.25, 0.3) is 0 Å². The maximum absolute atomic E-state index is 12.1. The Morgan fingerprint density at radius 3 is 2.15 bits per heavy atom. The van der Waals surface area contributed by atoms with Gasteiger partial charge in [-0.3, -0.25) is 25.2 Å². The van der Waals surface area contributed by atoms with Gasteiger partial charge in [-0.25, -0.2) is 0 Å². The monoisotopic (exact) mass is 415 g/mol.